The quantitative estimate of drug-likeness (QED) is 0.677. The van der Waals surface area contributed by atoms with Gasteiger partial charge in [-0.15, -0.1) is 0 Å². The molecule has 2 aromatic rings. The molecule has 1 amide bonds. The summed E-state index contributed by atoms with van der Waals surface area (Å²) >= 11 is 0. The molecule has 0 bridgehead atoms. The summed E-state index contributed by atoms with van der Waals surface area (Å²) in [4.78, 5) is 22.1. The molecule has 2 rings (SSSR count). The topological polar surface area (TPSA) is 72.2 Å². The van der Waals surface area contributed by atoms with Gasteiger partial charge in [0, 0.05) is 23.4 Å². The molecule has 0 aliphatic rings. The molecule has 0 aromatic heterocycles. The Morgan fingerprint density at radius 2 is 1.89 bits per heavy atom. The Hall–Kier alpha value is -2.69. The number of aryl methyl sites for hydroxylation is 1. The van der Waals surface area contributed by atoms with Crippen molar-refractivity contribution in [2.45, 2.75) is 6.92 Å². The van der Waals surface area contributed by atoms with Crippen molar-refractivity contribution in [3.05, 3.63) is 69.8 Å². The van der Waals surface area contributed by atoms with Crippen molar-refractivity contribution in [3.63, 3.8) is 0 Å². The molecule has 0 atom stereocenters. The number of amides is 1. The van der Waals surface area contributed by atoms with E-state index in [1.54, 1.807) is 24.3 Å². The number of rotatable bonds is 3. The van der Waals surface area contributed by atoms with Gasteiger partial charge in [-0.1, -0.05) is 23.8 Å². The van der Waals surface area contributed by atoms with E-state index >= 15 is 0 Å². The second-order valence-electron chi connectivity index (χ2n) is 4.13. The summed E-state index contributed by atoms with van der Waals surface area (Å²) in [5, 5.41) is 13.3. The predicted octanol–water partition coefficient (Wildman–Crippen LogP) is 3.16. The Labute approximate surface area is 110 Å². The first-order valence-corrected chi connectivity index (χ1v) is 5.69. The van der Waals surface area contributed by atoms with E-state index in [4.69, 9.17) is 0 Å². The number of non-ortho nitro benzene ring substituents is 1. The van der Waals surface area contributed by atoms with E-state index in [1.807, 2.05) is 13.0 Å². The summed E-state index contributed by atoms with van der Waals surface area (Å²) in [5.41, 5.74) is 1.85. The summed E-state index contributed by atoms with van der Waals surface area (Å²) in [5.74, 6) is -0.288. The highest BCUT2D eigenvalue weighted by Crippen LogP contribution is 2.18. The van der Waals surface area contributed by atoms with E-state index in [0.717, 1.165) is 5.56 Å². The fraction of sp³-hybridized carbons (Fsp3) is 0.0714. The van der Waals surface area contributed by atoms with Gasteiger partial charge in [-0.3, -0.25) is 14.9 Å². The van der Waals surface area contributed by atoms with E-state index in [0.29, 0.717) is 11.3 Å². The molecule has 5 heteroatoms. The number of nitrogens with zero attached hydrogens (tertiary/aromatic N) is 1. The number of carbonyl (C=O) groups excluding carboxylic acids is 1. The third kappa shape index (κ3) is 3.16. The SMILES string of the molecule is Cc1cccc(C(=O)Nc2cccc([N+](=O)[O-])c2)c1. The summed E-state index contributed by atoms with van der Waals surface area (Å²) in [7, 11) is 0. The summed E-state index contributed by atoms with van der Waals surface area (Å²) in [6, 6.07) is 13.0. The maximum Gasteiger partial charge on any atom is 0.271 e. The first-order valence-electron chi connectivity index (χ1n) is 5.69. The number of nitrogens with one attached hydrogen (secondary N) is 1. The van der Waals surface area contributed by atoms with Crippen molar-refractivity contribution in [2.75, 3.05) is 5.32 Å². The van der Waals surface area contributed by atoms with Gasteiger partial charge in [-0.25, -0.2) is 0 Å². The molecule has 0 unspecified atom stereocenters. The minimum atomic E-state index is -0.498. The van der Waals surface area contributed by atoms with Crippen LogP contribution >= 0.6 is 0 Å². The highest BCUT2D eigenvalue weighted by atomic mass is 16.6. The van der Waals surface area contributed by atoms with Crippen molar-refractivity contribution in [1.82, 2.24) is 0 Å². The zero-order chi connectivity index (χ0) is 13.8. The Kier molecular flexibility index (Phi) is 3.56. The first kappa shape index (κ1) is 12.8. The molecule has 2 aromatic carbocycles. The molecule has 96 valence electrons. The van der Waals surface area contributed by atoms with Crippen LogP contribution in [0.15, 0.2) is 48.5 Å². The van der Waals surface area contributed by atoms with Crippen molar-refractivity contribution in [1.29, 1.82) is 0 Å². The highest BCUT2D eigenvalue weighted by Gasteiger charge is 2.09. The van der Waals surface area contributed by atoms with Crippen molar-refractivity contribution in [3.8, 4) is 0 Å². The minimum Gasteiger partial charge on any atom is -0.322 e. The molecule has 0 heterocycles. The maximum absolute atomic E-state index is 12.0. The third-order valence-corrected chi connectivity index (χ3v) is 2.60. The first-order chi connectivity index (χ1) is 9.06. The third-order valence-electron chi connectivity index (χ3n) is 2.60. The molecular formula is C14H12N2O3. The van der Waals surface area contributed by atoms with Crippen molar-refractivity contribution in [2.24, 2.45) is 0 Å². The maximum atomic E-state index is 12.0. The normalized spacial score (nSPS) is 9.95. The number of hydrogen-bond acceptors (Lipinski definition) is 3. The van der Waals surface area contributed by atoms with Crippen LogP contribution in [0.2, 0.25) is 0 Å². The predicted molar refractivity (Wildman–Crippen MR) is 72.2 cm³/mol. The average Bonchev–Trinajstić information content (AvgIpc) is 2.39. The number of benzene rings is 2. The molecule has 0 saturated heterocycles. The Morgan fingerprint density at radius 1 is 1.16 bits per heavy atom. The van der Waals surface area contributed by atoms with Crippen LogP contribution in [0.1, 0.15) is 15.9 Å². The zero-order valence-corrected chi connectivity index (χ0v) is 10.3. The summed E-state index contributed by atoms with van der Waals surface area (Å²) in [6.07, 6.45) is 0. The second-order valence-corrected chi connectivity index (χ2v) is 4.13. The molecule has 0 aliphatic heterocycles. The number of anilines is 1. The Balaban J connectivity index is 2.19. The van der Waals surface area contributed by atoms with Crippen LogP contribution in [0, 0.1) is 17.0 Å². The van der Waals surface area contributed by atoms with Gasteiger partial charge in [-0.05, 0) is 25.1 Å². The molecule has 19 heavy (non-hydrogen) atoms. The van der Waals surface area contributed by atoms with Crippen LogP contribution in [0.5, 0.6) is 0 Å². The van der Waals surface area contributed by atoms with E-state index < -0.39 is 4.92 Å². The smallest absolute Gasteiger partial charge is 0.271 e. The van der Waals surface area contributed by atoms with E-state index in [2.05, 4.69) is 5.32 Å². The monoisotopic (exact) mass is 256 g/mol. The molecular weight excluding hydrogens is 244 g/mol. The highest BCUT2D eigenvalue weighted by molar-refractivity contribution is 6.04. The fourth-order valence-corrected chi connectivity index (χ4v) is 1.69. The van der Waals surface area contributed by atoms with Crippen LogP contribution < -0.4 is 5.32 Å². The van der Waals surface area contributed by atoms with Gasteiger partial charge in [0.25, 0.3) is 11.6 Å². The van der Waals surface area contributed by atoms with Crippen LogP contribution in [0.3, 0.4) is 0 Å². The molecule has 1 N–H and O–H groups in total. The summed E-state index contributed by atoms with van der Waals surface area (Å²) < 4.78 is 0. The molecule has 0 saturated carbocycles. The van der Waals surface area contributed by atoms with Gasteiger partial charge in [0.05, 0.1) is 4.92 Å². The molecule has 0 aliphatic carbocycles. The van der Waals surface area contributed by atoms with Gasteiger partial charge in [0.1, 0.15) is 0 Å². The van der Waals surface area contributed by atoms with Crippen LogP contribution in [0.4, 0.5) is 11.4 Å². The molecule has 0 spiro atoms. The Morgan fingerprint density at radius 3 is 2.58 bits per heavy atom. The fourth-order valence-electron chi connectivity index (χ4n) is 1.69. The molecule has 5 nitrogen and oxygen atoms in total. The Bertz CT molecular complexity index is 638. The lowest BCUT2D eigenvalue weighted by Gasteiger charge is -2.05. The lowest BCUT2D eigenvalue weighted by molar-refractivity contribution is -0.384. The van der Waals surface area contributed by atoms with E-state index in [9.17, 15) is 14.9 Å². The van der Waals surface area contributed by atoms with Crippen molar-refractivity contribution >= 4 is 17.3 Å². The zero-order valence-electron chi connectivity index (χ0n) is 10.3. The summed E-state index contributed by atoms with van der Waals surface area (Å²) in [6.45, 7) is 1.89. The van der Waals surface area contributed by atoms with Gasteiger partial charge < -0.3 is 5.32 Å². The largest absolute Gasteiger partial charge is 0.322 e. The van der Waals surface area contributed by atoms with E-state index in [1.165, 1.54) is 18.2 Å². The lowest BCUT2D eigenvalue weighted by Crippen LogP contribution is -2.12. The number of nitro benzene ring substituents is 1. The van der Waals surface area contributed by atoms with Gasteiger partial charge >= 0.3 is 0 Å². The van der Waals surface area contributed by atoms with E-state index in [-0.39, 0.29) is 11.6 Å². The number of hydrogen-bond donors (Lipinski definition) is 1. The molecule has 0 fully saturated rings. The van der Waals surface area contributed by atoms with Gasteiger partial charge in [-0.2, -0.15) is 0 Å². The second kappa shape index (κ2) is 5.30. The van der Waals surface area contributed by atoms with Gasteiger partial charge in [0.2, 0.25) is 0 Å². The average molecular weight is 256 g/mol. The molecule has 0 radical (unpaired) electrons. The minimum absolute atomic E-state index is 0.0537. The van der Waals surface area contributed by atoms with Gasteiger partial charge in [0.15, 0.2) is 0 Å². The number of nitro groups is 1. The number of carbonyl (C=O) groups is 1. The van der Waals surface area contributed by atoms with Crippen molar-refractivity contribution < 1.29 is 9.72 Å². The lowest BCUT2D eigenvalue weighted by atomic mass is 10.1. The van der Waals surface area contributed by atoms with Crippen LogP contribution in [0.25, 0.3) is 0 Å². The van der Waals surface area contributed by atoms with Crippen LogP contribution in [-0.4, -0.2) is 10.8 Å². The van der Waals surface area contributed by atoms with Crippen LogP contribution in [-0.2, 0) is 0 Å². The standard InChI is InChI=1S/C14H12N2O3/c1-10-4-2-5-11(8-10)14(17)15-12-6-3-7-13(9-12)16(18)19/h2-9H,1H3,(H,15,17).